The Morgan fingerprint density at radius 3 is 1.95 bits per heavy atom. The van der Waals surface area contributed by atoms with Gasteiger partial charge in [0.05, 0.1) is 7.11 Å². The Labute approximate surface area is 117 Å². The maximum atomic E-state index is 5.26. The molecule has 0 spiro atoms. The van der Waals surface area contributed by atoms with Crippen LogP contribution in [0.3, 0.4) is 0 Å². The van der Waals surface area contributed by atoms with E-state index < -0.39 is 0 Å². The molecule has 0 aliphatic heterocycles. The van der Waals surface area contributed by atoms with Gasteiger partial charge in [0, 0.05) is 0 Å². The second-order valence-electron chi connectivity index (χ2n) is 6.45. The van der Waals surface area contributed by atoms with Gasteiger partial charge in [0.1, 0.15) is 5.75 Å². The van der Waals surface area contributed by atoms with E-state index in [9.17, 15) is 0 Å². The lowest BCUT2D eigenvalue weighted by Gasteiger charge is -2.21. The van der Waals surface area contributed by atoms with Gasteiger partial charge in [-0.25, -0.2) is 0 Å². The van der Waals surface area contributed by atoms with Crippen LogP contribution in [0.4, 0.5) is 0 Å². The monoisotopic (exact) mass is 258 g/mol. The van der Waals surface area contributed by atoms with Crippen molar-refractivity contribution in [1.29, 1.82) is 0 Å². The van der Waals surface area contributed by atoms with E-state index in [1.807, 2.05) is 0 Å². The molecule has 1 aromatic rings. The van der Waals surface area contributed by atoms with Gasteiger partial charge in [-0.05, 0) is 48.3 Å². The molecular formula is C18H26O. The van der Waals surface area contributed by atoms with Crippen LogP contribution in [0.2, 0.25) is 0 Å². The molecule has 2 fully saturated rings. The van der Waals surface area contributed by atoms with Gasteiger partial charge in [-0.2, -0.15) is 0 Å². The second kappa shape index (κ2) is 5.98. The molecular weight excluding hydrogens is 232 g/mol. The van der Waals surface area contributed by atoms with Crippen molar-refractivity contribution < 1.29 is 4.74 Å². The van der Waals surface area contributed by atoms with Crippen LogP contribution in [-0.4, -0.2) is 7.11 Å². The number of rotatable bonds is 2. The van der Waals surface area contributed by atoms with Crippen LogP contribution in [0.25, 0.3) is 0 Å². The minimum absolute atomic E-state index is 0.805. The Morgan fingerprint density at radius 2 is 1.42 bits per heavy atom. The van der Waals surface area contributed by atoms with Gasteiger partial charge in [0.15, 0.2) is 0 Å². The summed E-state index contributed by atoms with van der Waals surface area (Å²) in [5, 5.41) is 0. The fraction of sp³-hybridized carbons (Fsp3) is 0.667. The van der Waals surface area contributed by atoms with Crippen LogP contribution < -0.4 is 4.74 Å². The van der Waals surface area contributed by atoms with Crippen LogP contribution in [-0.2, 0) is 0 Å². The number of hydrogen-bond donors (Lipinski definition) is 0. The Morgan fingerprint density at radius 1 is 0.842 bits per heavy atom. The van der Waals surface area contributed by atoms with Crippen molar-refractivity contribution in [3.8, 4) is 5.75 Å². The standard InChI is InChI=1S/C18H26O/c1-19-18-10-8-14(9-11-18)17-12-15-6-4-2-3-5-7-16(15)13-17/h8-11,15-17H,2-7,12-13H2,1H3/t15-,16?,17?/m1/s1. The Balaban J connectivity index is 1.68. The van der Waals surface area contributed by atoms with E-state index in [-0.39, 0.29) is 0 Å². The molecule has 2 aliphatic rings. The summed E-state index contributed by atoms with van der Waals surface area (Å²) < 4.78 is 5.26. The first-order valence-electron chi connectivity index (χ1n) is 8.01. The maximum Gasteiger partial charge on any atom is 0.118 e. The molecule has 2 aliphatic carbocycles. The molecule has 2 unspecified atom stereocenters. The van der Waals surface area contributed by atoms with Gasteiger partial charge in [-0.15, -0.1) is 0 Å². The van der Waals surface area contributed by atoms with Gasteiger partial charge < -0.3 is 4.74 Å². The highest BCUT2D eigenvalue weighted by atomic mass is 16.5. The van der Waals surface area contributed by atoms with Crippen LogP contribution in [0.5, 0.6) is 5.75 Å². The van der Waals surface area contributed by atoms with Gasteiger partial charge in [-0.1, -0.05) is 50.7 Å². The lowest BCUT2D eigenvalue weighted by molar-refractivity contribution is 0.301. The van der Waals surface area contributed by atoms with Crippen molar-refractivity contribution in [2.45, 2.75) is 57.3 Å². The highest BCUT2D eigenvalue weighted by Gasteiger charge is 2.34. The van der Waals surface area contributed by atoms with Crippen LogP contribution in [0, 0.1) is 11.8 Å². The minimum Gasteiger partial charge on any atom is -0.497 e. The van der Waals surface area contributed by atoms with E-state index in [4.69, 9.17) is 4.74 Å². The summed E-state index contributed by atoms with van der Waals surface area (Å²) in [5.74, 6) is 3.80. The second-order valence-corrected chi connectivity index (χ2v) is 6.45. The zero-order chi connectivity index (χ0) is 13.1. The first-order chi connectivity index (χ1) is 9.36. The number of methoxy groups -OCH3 is 1. The van der Waals surface area contributed by atoms with Crippen LogP contribution in [0.1, 0.15) is 62.8 Å². The molecule has 2 saturated carbocycles. The zero-order valence-corrected chi connectivity index (χ0v) is 12.1. The quantitative estimate of drug-likeness (QED) is 0.712. The summed E-state index contributed by atoms with van der Waals surface area (Å²) in [6, 6.07) is 8.80. The molecule has 104 valence electrons. The van der Waals surface area contributed by atoms with Gasteiger partial charge in [-0.3, -0.25) is 0 Å². The van der Waals surface area contributed by atoms with Crippen LogP contribution >= 0.6 is 0 Å². The average molecular weight is 258 g/mol. The number of ether oxygens (including phenoxy) is 1. The summed E-state index contributed by atoms with van der Waals surface area (Å²) in [5.41, 5.74) is 1.53. The molecule has 0 saturated heterocycles. The largest absolute Gasteiger partial charge is 0.497 e. The summed E-state index contributed by atoms with van der Waals surface area (Å²) in [6.07, 6.45) is 11.7. The smallest absolute Gasteiger partial charge is 0.118 e. The lowest BCUT2D eigenvalue weighted by atomic mass is 9.84. The average Bonchev–Trinajstić information content (AvgIpc) is 2.81. The predicted molar refractivity (Wildman–Crippen MR) is 79.7 cm³/mol. The van der Waals surface area contributed by atoms with Crippen molar-refractivity contribution in [1.82, 2.24) is 0 Å². The summed E-state index contributed by atoms with van der Waals surface area (Å²) >= 11 is 0. The molecule has 3 atom stereocenters. The molecule has 1 nitrogen and oxygen atoms in total. The van der Waals surface area contributed by atoms with E-state index in [1.165, 1.54) is 56.9 Å². The highest BCUT2D eigenvalue weighted by Crippen LogP contribution is 2.47. The van der Waals surface area contributed by atoms with Crippen LogP contribution in [0.15, 0.2) is 24.3 Å². The van der Waals surface area contributed by atoms with E-state index in [2.05, 4.69) is 24.3 Å². The van der Waals surface area contributed by atoms with Crippen molar-refractivity contribution in [2.24, 2.45) is 11.8 Å². The topological polar surface area (TPSA) is 9.23 Å². The van der Waals surface area contributed by atoms with Crippen molar-refractivity contribution in [3.05, 3.63) is 29.8 Å². The normalized spacial score (nSPS) is 31.3. The fourth-order valence-corrected chi connectivity index (χ4v) is 4.23. The van der Waals surface area contributed by atoms with Gasteiger partial charge in [0.25, 0.3) is 0 Å². The molecule has 1 heteroatoms. The summed E-state index contributed by atoms with van der Waals surface area (Å²) in [4.78, 5) is 0. The third-order valence-electron chi connectivity index (χ3n) is 5.33. The highest BCUT2D eigenvalue weighted by molar-refractivity contribution is 5.30. The Kier molecular flexibility index (Phi) is 4.10. The SMILES string of the molecule is COc1ccc(C2CC3CCCCCC[C@@H]3C2)cc1. The molecule has 1 aromatic carbocycles. The number of benzene rings is 1. The third kappa shape index (κ3) is 2.96. The van der Waals surface area contributed by atoms with Gasteiger partial charge >= 0.3 is 0 Å². The summed E-state index contributed by atoms with van der Waals surface area (Å²) in [6.45, 7) is 0. The van der Waals surface area contributed by atoms with E-state index in [0.717, 1.165) is 23.5 Å². The molecule has 0 heterocycles. The lowest BCUT2D eigenvalue weighted by Crippen LogP contribution is -2.09. The first-order valence-corrected chi connectivity index (χ1v) is 8.01. The Bertz CT molecular complexity index is 379. The van der Waals surface area contributed by atoms with Crippen molar-refractivity contribution in [2.75, 3.05) is 7.11 Å². The van der Waals surface area contributed by atoms with E-state index >= 15 is 0 Å². The predicted octanol–water partition coefficient (Wildman–Crippen LogP) is 5.16. The minimum atomic E-state index is 0.805. The number of hydrogen-bond acceptors (Lipinski definition) is 1. The molecule has 0 radical (unpaired) electrons. The van der Waals surface area contributed by atoms with E-state index in [0.29, 0.717) is 0 Å². The van der Waals surface area contributed by atoms with E-state index in [1.54, 1.807) is 7.11 Å². The zero-order valence-electron chi connectivity index (χ0n) is 12.1. The molecule has 3 rings (SSSR count). The molecule has 0 aromatic heterocycles. The van der Waals surface area contributed by atoms with Crippen molar-refractivity contribution in [3.63, 3.8) is 0 Å². The molecule has 19 heavy (non-hydrogen) atoms. The molecule has 0 N–H and O–H groups in total. The fourth-order valence-electron chi connectivity index (χ4n) is 4.23. The number of fused-ring (bicyclic) bond motifs is 1. The molecule has 0 bridgehead atoms. The van der Waals surface area contributed by atoms with Gasteiger partial charge in [0.2, 0.25) is 0 Å². The first kappa shape index (κ1) is 13.0. The Hall–Kier alpha value is -0.980. The maximum absolute atomic E-state index is 5.26. The molecule has 0 amide bonds. The summed E-state index contributed by atoms with van der Waals surface area (Å²) in [7, 11) is 1.74. The van der Waals surface area contributed by atoms with Crippen molar-refractivity contribution >= 4 is 0 Å². The third-order valence-corrected chi connectivity index (χ3v) is 5.33.